The highest BCUT2D eigenvalue weighted by Gasteiger charge is 2.20. The molecule has 1 aliphatic heterocycles. The van der Waals surface area contributed by atoms with Crippen molar-refractivity contribution < 1.29 is 4.74 Å². The van der Waals surface area contributed by atoms with E-state index >= 15 is 0 Å². The van der Waals surface area contributed by atoms with Crippen LogP contribution in [0.15, 0.2) is 24.3 Å². The summed E-state index contributed by atoms with van der Waals surface area (Å²) in [6.45, 7) is 5.64. The van der Waals surface area contributed by atoms with Gasteiger partial charge in [0.05, 0.1) is 7.11 Å². The number of methoxy groups -OCH3 is 1. The Labute approximate surface area is 110 Å². The van der Waals surface area contributed by atoms with Crippen molar-refractivity contribution >= 4 is 0 Å². The van der Waals surface area contributed by atoms with Gasteiger partial charge in [0.1, 0.15) is 5.75 Å². The molecule has 2 N–H and O–H groups in total. The predicted molar refractivity (Wildman–Crippen MR) is 75.1 cm³/mol. The molecule has 1 saturated heterocycles. The molecule has 0 saturated carbocycles. The van der Waals surface area contributed by atoms with E-state index in [0.717, 1.165) is 12.3 Å². The molecule has 0 unspecified atom stereocenters. The van der Waals surface area contributed by atoms with Gasteiger partial charge < -0.3 is 15.4 Å². The van der Waals surface area contributed by atoms with Crippen molar-refractivity contribution in [1.29, 1.82) is 0 Å². The molecule has 0 bridgehead atoms. The van der Waals surface area contributed by atoms with Crippen LogP contribution in [0, 0.1) is 0 Å². The Kier molecular flexibility index (Phi) is 4.61. The van der Waals surface area contributed by atoms with E-state index in [1.54, 1.807) is 7.11 Å². The van der Waals surface area contributed by atoms with E-state index in [-0.39, 0.29) is 6.04 Å². The van der Waals surface area contributed by atoms with Crippen LogP contribution in [0.4, 0.5) is 0 Å². The van der Waals surface area contributed by atoms with Crippen LogP contribution >= 0.6 is 0 Å². The van der Waals surface area contributed by atoms with Crippen LogP contribution in [0.3, 0.4) is 0 Å². The van der Waals surface area contributed by atoms with Crippen LogP contribution in [0.1, 0.15) is 31.2 Å². The average molecular weight is 248 g/mol. The zero-order chi connectivity index (χ0) is 13.0. The number of likely N-dealkylation sites (tertiary alicyclic amines) is 1. The first-order valence-corrected chi connectivity index (χ1v) is 6.82. The molecular formula is C15H24N2O. The standard InChI is InChI=1S/C15H24N2O/c1-12(13-5-7-14(18-2)8-6-13)15(16)11-17-9-3-4-10-17/h5-8,12,15H,3-4,9-11,16H2,1-2H3/t12-,15-/m0/s1. The third kappa shape index (κ3) is 3.24. The summed E-state index contributed by atoms with van der Waals surface area (Å²) in [5, 5.41) is 0. The first-order chi connectivity index (χ1) is 8.70. The van der Waals surface area contributed by atoms with Crippen molar-refractivity contribution in [3.8, 4) is 5.75 Å². The molecule has 0 spiro atoms. The summed E-state index contributed by atoms with van der Waals surface area (Å²) in [7, 11) is 1.69. The molecule has 1 aromatic carbocycles. The van der Waals surface area contributed by atoms with Crippen LogP contribution in [0.2, 0.25) is 0 Å². The van der Waals surface area contributed by atoms with Gasteiger partial charge in [-0.2, -0.15) is 0 Å². The summed E-state index contributed by atoms with van der Waals surface area (Å²) in [5.41, 5.74) is 7.62. The first kappa shape index (κ1) is 13.4. The summed E-state index contributed by atoms with van der Waals surface area (Å²) >= 11 is 0. The van der Waals surface area contributed by atoms with Crippen LogP contribution < -0.4 is 10.5 Å². The van der Waals surface area contributed by atoms with Crippen molar-refractivity contribution in [3.63, 3.8) is 0 Å². The van der Waals surface area contributed by atoms with E-state index < -0.39 is 0 Å². The number of hydrogen-bond donors (Lipinski definition) is 1. The minimum absolute atomic E-state index is 0.205. The van der Waals surface area contributed by atoms with Gasteiger partial charge in [-0.05, 0) is 49.5 Å². The Morgan fingerprint density at radius 1 is 1.22 bits per heavy atom. The zero-order valence-electron chi connectivity index (χ0n) is 11.4. The molecule has 0 aliphatic carbocycles. The maximum absolute atomic E-state index is 6.33. The largest absolute Gasteiger partial charge is 0.497 e. The van der Waals surface area contributed by atoms with Crippen molar-refractivity contribution in [2.45, 2.75) is 31.7 Å². The number of nitrogens with zero attached hydrogens (tertiary/aromatic N) is 1. The second-order valence-electron chi connectivity index (χ2n) is 5.23. The van der Waals surface area contributed by atoms with Crippen LogP contribution in [-0.2, 0) is 0 Å². The topological polar surface area (TPSA) is 38.5 Å². The lowest BCUT2D eigenvalue weighted by Crippen LogP contribution is -2.39. The minimum atomic E-state index is 0.205. The third-order valence-electron chi connectivity index (χ3n) is 3.95. The van der Waals surface area contributed by atoms with Crippen molar-refractivity contribution in [2.75, 3.05) is 26.7 Å². The van der Waals surface area contributed by atoms with Crippen LogP contribution in [-0.4, -0.2) is 37.7 Å². The van der Waals surface area contributed by atoms with Gasteiger partial charge in [-0.25, -0.2) is 0 Å². The van der Waals surface area contributed by atoms with E-state index in [9.17, 15) is 0 Å². The van der Waals surface area contributed by atoms with Gasteiger partial charge in [-0.3, -0.25) is 0 Å². The van der Waals surface area contributed by atoms with Gasteiger partial charge >= 0.3 is 0 Å². The fourth-order valence-electron chi connectivity index (χ4n) is 2.58. The lowest BCUT2D eigenvalue weighted by Gasteiger charge is -2.25. The maximum atomic E-state index is 6.33. The van der Waals surface area contributed by atoms with E-state index in [2.05, 4.69) is 24.0 Å². The lowest BCUT2D eigenvalue weighted by molar-refractivity contribution is 0.300. The van der Waals surface area contributed by atoms with Gasteiger partial charge in [0.25, 0.3) is 0 Å². The van der Waals surface area contributed by atoms with Gasteiger partial charge in [-0.1, -0.05) is 19.1 Å². The molecule has 2 rings (SSSR count). The minimum Gasteiger partial charge on any atom is -0.497 e. The SMILES string of the molecule is COc1ccc([C@H](C)[C@@H](N)CN2CCCC2)cc1. The average Bonchev–Trinajstić information content (AvgIpc) is 2.91. The Morgan fingerprint density at radius 2 is 1.83 bits per heavy atom. The number of nitrogens with two attached hydrogens (primary N) is 1. The number of benzene rings is 1. The highest BCUT2D eigenvalue weighted by molar-refractivity contribution is 5.29. The highest BCUT2D eigenvalue weighted by atomic mass is 16.5. The third-order valence-corrected chi connectivity index (χ3v) is 3.95. The summed E-state index contributed by atoms with van der Waals surface area (Å²) in [5.74, 6) is 1.29. The molecule has 1 fully saturated rings. The fraction of sp³-hybridized carbons (Fsp3) is 0.600. The van der Waals surface area contributed by atoms with E-state index in [4.69, 9.17) is 10.5 Å². The monoisotopic (exact) mass is 248 g/mol. The lowest BCUT2D eigenvalue weighted by atomic mass is 9.93. The molecular weight excluding hydrogens is 224 g/mol. The van der Waals surface area contributed by atoms with Gasteiger partial charge in [0.2, 0.25) is 0 Å². The number of ether oxygens (including phenoxy) is 1. The molecule has 18 heavy (non-hydrogen) atoms. The van der Waals surface area contributed by atoms with Crippen LogP contribution in [0.5, 0.6) is 5.75 Å². The van der Waals surface area contributed by atoms with Crippen molar-refractivity contribution in [1.82, 2.24) is 4.90 Å². The summed E-state index contributed by atoms with van der Waals surface area (Å²) in [6, 6.07) is 8.46. The molecule has 1 aromatic rings. The summed E-state index contributed by atoms with van der Waals surface area (Å²) in [4.78, 5) is 2.48. The van der Waals surface area contributed by atoms with Gasteiger partial charge in [-0.15, -0.1) is 0 Å². The molecule has 0 amide bonds. The molecule has 0 radical (unpaired) electrons. The Balaban J connectivity index is 1.93. The quantitative estimate of drug-likeness (QED) is 0.868. The first-order valence-electron chi connectivity index (χ1n) is 6.82. The Bertz CT molecular complexity index is 357. The molecule has 100 valence electrons. The summed E-state index contributed by atoms with van der Waals surface area (Å²) in [6.07, 6.45) is 2.65. The second kappa shape index (κ2) is 6.21. The van der Waals surface area contributed by atoms with Crippen molar-refractivity contribution in [3.05, 3.63) is 29.8 Å². The Morgan fingerprint density at radius 3 is 2.39 bits per heavy atom. The molecule has 3 nitrogen and oxygen atoms in total. The number of rotatable bonds is 5. The smallest absolute Gasteiger partial charge is 0.118 e. The second-order valence-corrected chi connectivity index (χ2v) is 5.23. The van der Waals surface area contributed by atoms with Gasteiger partial charge in [0.15, 0.2) is 0 Å². The Hall–Kier alpha value is -1.06. The predicted octanol–water partition coefficient (Wildman–Crippen LogP) is 2.22. The zero-order valence-corrected chi connectivity index (χ0v) is 11.4. The maximum Gasteiger partial charge on any atom is 0.118 e. The van der Waals surface area contributed by atoms with E-state index in [1.807, 2.05) is 12.1 Å². The van der Waals surface area contributed by atoms with E-state index in [0.29, 0.717) is 5.92 Å². The van der Waals surface area contributed by atoms with Gasteiger partial charge in [0, 0.05) is 12.6 Å². The molecule has 1 aliphatic rings. The summed E-state index contributed by atoms with van der Waals surface area (Å²) < 4.78 is 5.18. The highest BCUT2D eigenvalue weighted by Crippen LogP contribution is 2.22. The van der Waals surface area contributed by atoms with E-state index in [1.165, 1.54) is 31.5 Å². The van der Waals surface area contributed by atoms with Crippen molar-refractivity contribution in [2.24, 2.45) is 5.73 Å². The molecule has 1 heterocycles. The number of hydrogen-bond acceptors (Lipinski definition) is 3. The molecule has 0 aromatic heterocycles. The molecule has 2 atom stereocenters. The molecule has 3 heteroatoms. The van der Waals surface area contributed by atoms with Crippen LogP contribution in [0.25, 0.3) is 0 Å². The fourth-order valence-corrected chi connectivity index (χ4v) is 2.58. The normalized spacial score (nSPS) is 19.7.